The van der Waals surface area contributed by atoms with Crippen LogP contribution in [0.1, 0.15) is 20.3 Å². The Hall–Kier alpha value is -0.120. The zero-order valence-corrected chi connectivity index (χ0v) is 6.04. The van der Waals surface area contributed by atoms with Crippen molar-refractivity contribution in [2.75, 3.05) is 0 Å². The van der Waals surface area contributed by atoms with E-state index in [0.717, 1.165) is 6.42 Å². The maximum Gasteiger partial charge on any atom is 0.0678 e. The van der Waals surface area contributed by atoms with Gasteiger partial charge in [-0.1, -0.05) is 6.92 Å². The Morgan fingerprint density at radius 3 is 2.00 bits per heavy atom. The van der Waals surface area contributed by atoms with Gasteiger partial charge < -0.3 is 16.6 Å². The highest BCUT2D eigenvalue weighted by molar-refractivity contribution is 4.78. The molecule has 9 heavy (non-hydrogen) atoms. The lowest BCUT2D eigenvalue weighted by atomic mass is 10.0. The minimum atomic E-state index is -0.500. The summed E-state index contributed by atoms with van der Waals surface area (Å²) >= 11 is 0. The lowest BCUT2D eigenvalue weighted by molar-refractivity contribution is 0.150. The first-order valence-corrected chi connectivity index (χ1v) is 3.28. The molecule has 0 aromatic carbocycles. The summed E-state index contributed by atoms with van der Waals surface area (Å²) in [5, 5.41) is 8.92. The Balaban J connectivity index is 3.58. The fraction of sp³-hybridized carbons (Fsp3) is 1.00. The van der Waals surface area contributed by atoms with Crippen LogP contribution in [-0.4, -0.2) is 23.3 Å². The summed E-state index contributed by atoms with van der Waals surface area (Å²) in [4.78, 5) is 0. The first-order valence-electron chi connectivity index (χ1n) is 3.28. The maximum absolute atomic E-state index is 8.92. The van der Waals surface area contributed by atoms with Gasteiger partial charge in [0.2, 0.25) is 0 Å². The Morgan fingerprint density at radius 2 is 1.89 bits per heavy atom. The smallest absolute Gasteiger partial charge is 0.0678 e. The number of aliphatic hydroxyl groups excluding tert-OH is 1. The van der Waals surface area contributed by atoms with Gasteiger partial charge in [0, 0.05) is 12.1 Å². The lowest BCUT2D eigenvalue weighted by Gasteiger charge is -2.20. The molecule has 0 heterocycles. The molecular weight excluding hydrogens is 116 g/mol. The Labute approximate surface area is 56.0 Å². The monoisotopic (exact) mass is 132 g/mol. The molecule has 0 saturated carbocycles. The van der Waals surface area contributed by atoms with E-state index in [0.29, 0.717) is 0 Å². The second-order valence-electron chi connectivity index (χ2n) is 2.39. The third-order valence-electron chi connectivity index (χ3n) is 1.52. The largest absolute Gasteiger partial charge is 0.392 e. The van der Waals surface area contributed by atoms with Gasteiger partial charge in [0.1, 0.15) is 0 Å². The van der Waals surface area contributed by atoms with Gasteiger partial charge >= 0.3 is 0 Å². The number of rotatable bonds is 3. The SMILES string of the molecule is CCC(N)C(N)C(C)O. The summed E-state index contributed by atoms with van der Waals surface area (Å²) in [5.41, 5.74) is 11.0. The van der Waals surface area contributed by atoms with Gasteiger partial charge in [0.25, 0.3) is 0 Å². The molecule has 3 atom stereocenters. The van der Waals surface area contributed by atoms with Gasteiger partial charge in [-0.05, 0) is 13.3 Å². The van der Waals surface area contributed by atoms with E-state index in [1.807, 2.05) is 6.92 Å². The average molecular weight is 132 g/mol. The predicted octanol–water partition coefficient (Wildman–Crippen LogP) is -0.568. The van der Waals surface area contributed by atoms with E-state index < -0.39 is 6.10 Å². The van der Waals surface area contributed by atoms with Crippen LogP contribution in [0, 0.1) is 0 Å². The third kappa shape index (κ3) is 2.79. The van der Waals surface area contributed by atoms with Gasteiger partial charge in [-0.3, -0.25) is 0 Å². The van der Waals surface area contributed by atoms with Crippen LogP contribution in [-0.2, 0) is 0 Å². The molecule has 0 aliphatic carbocycles. The fourth-order valence-corrected chi connectivity index (χ4v) is 0.630. The van der Waals surface area contributed by atoms with E-state index in [1.54, 1.807) is 6.92 Å². The van der Waals surface area contributed by atoms with Crippen molar-refractivity contribution in [2.45, 2.75) is 38.5 Å². The van der Waals surface area contributed by atoms with Crippen LogP contribution in [0.25, 0.3) is 0 Å². The molecular formula is C6H16N2O. The lowest BCUT2D eigenvalue weighted by Crippen LogP contribution is -2.47. The summed E-state index contributed by atoms with van der Waals surface area (Å²) in [6.45, 7) is 3.60. The Morgan fingerprint density at radius 1 is 1.44 bits per heavy atom. The maximum atomic E-state index is 8.92. The molecule has 0 rings (SSSR count). The van der Waals surface area contributed by atoms with Crippen molar-refractivity contribution in [1.29, 1.82) is 0 Å². The predicted molar refractivity (Wildman–Crippen MR) is 37.9 cm³/mol. The van der Waals surface area contributed by atoms with Crippen molar-refractivity contribution in [3.8, 4) is 0 Å². The molecule has 3 unspecified atom stereocenters. The number of hydrogen-bond acceptors (Lipinski definition) is 3. The van der Waals surface area contributed by atoms with E-state index in [2.05, 4.69) is 0 Å². The second-order valence-corrected chi connectivity index (χ2v) is 2.39. The molecule has 0 fully saturated rings. The minimum absolute atomic E-state index is 0.0787. The van der Waals surface area contributed by atoms with Crippen molar-refractivity contribution in [1.82, 2.24) is 0 Å². The molecule has 56 valence electrons. The average Bonchev–Trinajstić information content (AvgIpc) is 1.84. The molecule has 0 bridgehead atoms. The number of nitrogens with two attached hydrogens (primary N) is 2. The first-order chi connectivity index (χ1) is 4.09. The fourth-order valence-electron chi connectivity index (χ4n) is 0.630. The Bertz CT molecular complexity index is 75.5. The van der Waals surface area contributed by atoms with Crippen LogP contribution in [0.4, 0.5) is 0 Å². The van der Waals surface area contributed by atoms with Gasteiger partial charge in [0.15, 0.2) is 0 Å². The normalized spacial score (nSPS) is 21.0. The van der Waals surface area contributed by atoms with Crippen LogP contribution >= 0.6 is 0 Å². The second kappa shape index (κ2) is 3.82. The summed E-state index contributed by atoms with van der Waals surface area (Å²) < 4.78 is 0. The van der Waals surface area contributed by atoms with Crippen LogP contribution in [0.2, 0.25) is 0 Å². The highest BCUT2D eigenvalue weighted by Crippen LogP contribution is 1.96. The molecule has 5 N–H and O–H groups in total. The van der Waals surface area contributed by atoms with Crippen molar-refractivity contribution in [3.05, 3.63) is 0 Å². The van der Waals surface area contributed by atoms with Crippen LogP contribution in [0.15, 0.2) is 0 Å². The molecule has 0 amide bonds. The summed E-state index contributed by atoms with van der Waals surface area (Å²) in [5.74, 6) is 0. The minimum Gasteiger partial charge on any atom is -0.392 e. The molecule has 0 aromatic heterocycles. The summed E-state index contributed by atoms with van der Waals surface area (Å²) in [7, 11) is 0. The van der Waals surface area contributed by atoms with Gasteiger partial charge in [-0.15, -0.1) is 0 Å². The standard InChI is InChI=1S/C6H16N2O/c1-3-5(7)6(8)4(2)9/h4-6,9H,3,7-8H2,1-2H3. The van der Waals surface area contributed by atoms with E-state index >= 15 is 0 Å². The first kappa shape index (κ1) is 8.88. The zero-order chi connectivity index (χ0) is 7.44. The number of aliphatic hydroxyl groups is 1. The van der Waals surface area contributed by atoms with Crippen molar-refractivity contribution in [2.24, 2.45) is 11.5 Å². The molecule has 0 saturated heterocycles. The van der Waals surface area contributed by atoms with Gasteiger partial charge in [0.05, 0.1) is 6.10 Å². The van der Waals surface area contributed by atoms with Crippen LogP contribution in [0.5, 0.6) is 0 Å². The van der Waals surface area contributed by atoms with Gasteiger partial charge in [-0.2, -0.15) is 0 Å². The van der Waals surface area contributed by atoms with E-state index in [4.69, 9.17) is 16.6 Å². The molecule has 0 radical (unpaired) electrons. The summed E-state index contributed by atoms with van der Waals surface area (Å²) in [6.07, 6.45) is 0.312. The topological polar surface area (TPSA) is 72.3 Å². The van der Waals surface area contributed by atoms with Gasteiger partial charge in [-0.25, -0.2) is 0 Å². The van der Waals surface area contributed by atoms with Crippen molar-refractivity contribution >= 4 is 0 Å². The molecule has 0 aliphatic heterocycles. The molecule has 0 aliphatic rings. The molecule has 0 spiro atoms. The molecule has 3 heteroatoms. The van der Waals surface area contributed by atoms with Crippen LogP contribution < -0.4 is 11.5 Å². The summed E-state index contributed by atoms with van der Waals surface area (Å²) in [6, 6.07) is -0.361. The highest BCUT2D eigenvalue weighted by Gasteiger charge is 2.15. The molecule has 0 aromatic rings. The van der Waals surface area contributed by atoms with Crippen molar-refractivity contribution in [3.63, 3.8) is 0 Å². The molecule has 3 nitrogen and oxygen atoms in total. The van der Waals surface area contributed by atoms with Crippen LogP contribution in [0.3, 0.4) is 0 Å². The Kier molecular flexibility index (Phi) is 3.77. The third-order valence-corrected chi connectivity index (χ3v) is 1.52. The van der Waals surface area contributed by atoms with E-state index in [1.165, 1.54) is 0 Å². The zero-order valence-electron chi connectivity index (χ0n) is 6.04. The van der Waals surface area contributed by atoms with E-state index in [9.17, 15) is 0 Å². The van der Waals surface area contributed by atoms with Crippen molar-refractivity contribution < 1.29 is 5.11 Å². The van der Waals surface area contributed by atoms with E-state index in [-0.39, 0.29) is 12.1 Å². The quantitative estimate of drug-likeness (QED) is 0.481. The number of hydrogen-bond donors (Lipinski definition) is 3. The highest BCUT2D eigenvalue weighted by atomic mass is 16.3.